The van der Waals surface area contributed by atoms with Crippen LogP contribution in [0.15, 0.2) is 30.3 Å². The lowest BCUT2D eigenvalue weighted by Crippen LogP contribution is -2.11. The molecular formula is C15H12ClN3O2S2. The Balaban J connectivity index is 1.75. The van der Waals surface area contributed by atoms with Crippen molar-refractivity contribution < 1.29 is 9.53 Å². The molecule has 0 aliphatic rings. The summed E-state index contributed by atoms with van der Waals surface area (Å²) in [6.07, 6.45) is 0. The van der Waals surface area contributed by atoms with Crippen LogP contribution in [0, 0.1) is 6.92 Å². The molecule has 0 atom stereocenters. The molecule has 0 aliphatic heterocycles. The van der Waals surface area contributed by atoms with E-state index in [2.05, 4.69) is 14.7 Å². The highest BCUT2D eigenvalue weighted by Gasteiger charge is 2.13. The first kappa shape index (κ1) is 15.9. The number of nitrogens with zero attached hydrogens (tertiary/aromatic N) is 2. The van der Waals surface area contributed by atoms with Crippen LogP contribution >= 0.6 is 34.5 Å². The third-order valence-electron chi connectivity index (χ3n) is 3.02. The predicted molar refractivity (Wildman–Crippen MR) is 93.9 cm³/mol. The van der Waals surface area contributed by atoms with Crippen molar-refractivity contribution in [3.63, 3.8) is 0 Å². The SMILES string of the molecule is COc1ccc(C(=O)Nc2nc(-c3ccc(C)s3)ns2)cc1Cl. The average Bonchev–Trinajstić information content (AvgIpc) is 3.16. The first-order valence-corrected chi connectivity index (χ1v) is 8.59. The van der Waals surface area contributed by atoms with Crippen molar-refractivity contribution in [3.8, 4) is 16.5 Å². The highest BCUT2D eigenvalue weighted by atomic mass is 35.5. The molecule has 0 unspecified atom stereocenters. The predicted octanol–water partition coefficient (Wildman–Crippen LogP) is 4.49. The lowest BCUT2D eigenvalue weighted by Gasteiger charge is -2.05. The van der Waals surface area contributed by atoms with Crippen LogP contribution in [0.5, 0.6) is 5.75 Å². The summed E-state index contributed by atoms with van der Waals surface area (Å²) in [7, 11) is 1.52. The van der Waals surface area contributed by atoms with Crippen molar-refractivity contribution in [2.45, 2.75) is 6.92 Å². The van der Waals surface area contributed by atoms with E-state index in [-0.39, 0.29) is 5.91 Å². The van der Waals surface area contributed by atoms with E-state index in [0.29, 0.717) is 27.3 Å². The molecule has 2 heterocycles. The van der Waals surface area contributed by atoms with E-state index in [1.807, 2.05) is 19.1 Å². The minimum absolute atomic E-state index is 0.292. The number of rotatable bonds is 4. The molecule has 0 fully saturated rings. The van der Waals surface area contributed by atoms with Crippen LogP contribution in [0.1, 0.15) is 15.2 Å². The summed E-state index contributed by atoms with van der Waals surface area (Å²) in [5.74, 6) is 0.852. The van der Waals surface area contributed by atoms with Gasteiger partial charge in [-0.3, -0.25) is 10.1 Å². The molecule has 5 nitrogen and oxygen atoms in total. The number of hydrogen-bond acceptors (Lipinski definition) is 6. The zero-order valence-corrected chi connectivity index (χ0v) is 14.7. The second kappa shape index (κ2) is 6.66. The highest BCUT2D eigenvalue weighted by Crippen LogP contribution is 2.28. The number of anilines is 1. The Morgan fingerprint density at radius 2 is 2.13 bits per heavy atom. The van der Waals surface area contributed by atoms with Gasteiger partial charge in [-0.05, 0) is 37.3 Å². The van der Waals surface area contributed by atoms with Crippen molar-refractivity contribution in [2.24, 2.45) is 0 Å². The van der Waals surface area contributed by atoms with Gasteiger partial charge in [-0.15, -0.1) is 11.3 Å². The number of halogens is 1. The van der Waals surface area contributed by atoms with Crippen molar-refractivity contribution in [1.29, 1.82) is 0 Å². The second-order valence-corrected chi connectivity index (χ2v) is 7.08. The van der Waals surface area contributed by atoms with Gasteiger partial charge in [0.1, 0.15) is 5.75 Å². The molecule has 3 rings (SSSR count). The maximum atomic E-state index is 12.2. The summed E-state index contributed by atoms with van der Waals surface area (Å²) in [6, 6.07) is 8.83. The maximum Gasteiger partial charge on any atom is 0.257 e. The summed E-state index contributed by atoms with van der Waals surface area (Å²) in [4.78, 5) is 18.8. The molecule has 0 radical (unpaired) electrons. The van der Waals surface area contributed by atoms with E-state index in [9.17, 15) is 4.79 Å². The second-order valence-electron chi connectivity index (χ2n) is 4.64. The number of aryl methyl sites for hydroxylation is 1. The molecule has 1 N–H and O–H groups in total. The number of hydrogen-bond donors (Lipinski definition) is 1. The zero-order valence-electron chi connectivity index (χ0n) is 12.3. The maximum absolute atomic E-state index is 12.2. The molecule has 0 bridgehead atoms. The normalized spacial score (nSPS) is 10.6. The number of nitrogens with one attached hydrogen (secondary N) is 1. The lowest BCUT2D eigenvalue weighted by molar-refractivity contribution is 0.102. The van der Waals surface area contributed by atoms with Gasteiger partial charge in [-0.1, -0.05) is 11.6 Å². The number of carbonyl (C=O) groups excluding carboxylic acids is 1. The molecule has 0 aliphatic carbocycles. The van der Waals surface area contributed by atoms with Gasteiger partial charge in [0.15, 0.2) is 5.82 Å². The van der Waals surface area contributed by atoms with Crippen molar-refractivity contribution in [1.82, 2.24) is 9.36 Å². The van der Waals surface area contributed by atoms with Gasteiger partial charge < -0.3 is 4.74 Å². The van der Waals surface area contributed by atoms with E-state index in [4.69, 9.17) is 16.3 Å². The lowest BCUT2D eigenvalue weighted by atomic mass is 10.2. The van der Waals surface area contributed by atoms with Gasteiger partial charge in [0, 0.05) is 22.0 Å². The molecule has 1 aromatic carbocycles. The minimum Gasteiger partial charge on any atom is -0.495 e. The molecule has 0 saturated heterocycles. The van der Waals surface area contributed by atoms with E-state index in [1.54, 1.807) is 29.5 Å². The fourth-order valence-electron chi connectivity index (χ4n) is 1.91. The Labute approximate surface area is 146 Å². The number of carbonyl (C=O) groups is 1. The van der Waals surface area contributed by atoms with Gasteiger partial charge >= 0.3 is 0 Å². The molecule has 2 aromatic heterocycles. The largest absolute Gasteiger partial charge is 0.495 e. The Morgan fingerprint density at radius 1 is 1.30 bits per heavy atom. The number of aromatic nitrogens is 2. The van der Waals surface area contributed by atoms with Gasteiger partial charge in [0.25, 0.3) is 5.91 Å². The molecule has 118 valence electrons. The molecule has 8 heteroatoms. The Kier molecular flexibility index (Phi) is 4.61. The zero-order chi connectivity index (χ0) is 16.4. The fourth-order valence-corrected chi connectivity index (χ4v) is 3.60. The minimum atomic E-state index is -0.292. The van der Waals surface area contributed by atoms with Crippen LogP contribution in [0.4, 0.5) is 5.13 Å². The number of methoxy groups -OCH3 is 1. The summed E-state index contributed by atoms with van der Waals surface area (Å²) < 4.78 is 9.34. The first-order chi connectivity index (χ1) is 11.1. The van der Waals surface area contributed by atoms with Gasteiger partial charge in [-0.25, -0.2) is 0 Å². The summed E-state index contributed by atoms with van der Waals surface area (Å²) >= 11 is 8.79. The third kappa shape index (κ3) is 3.52. The summed E-state index contributed by atoms with van der Waals surface area (Å²) in [5, 5.41) is 3.56. The quantitative estimate of drug-likeness (QED) is 0.739. The fraction of sp³-hybridized carbons (Fsp3) is 0.133. The van der Waals surface area contributed by atoms with E-state index in [1.165, 1.54) is 12.0 Å². The number of thiophene rings is 1. The average molecular weight is 366 g/mol. The third-order valence-corrected chi connectivity index (χ3v) is 4.94. The van der Waals surface area contributed by atoms with Crippen LogP contribution in [0.3, 0.4) is 0 Å². The summed E-state index contributed by atoms with van der Waals surface area (Å²) in [5.41, 5.74) is 0.430. The van der Waals surface area contributed by atoms with Crippen molar-refractivity contribution >= 4 is 45.5 Å². The Hall–Kier alpha value is -1.96. The highest BCUT2D eigenvalue weighted by molar-refractivity contribution is 7.15. The summed E-state index contributed by atoms with van der Waals surface area (Å²) in [6.45, 7) is 2.02. The van der Waals surface area contributed by atoms with Crippen LogP contribution in [-0.2, 0) is 0 Å². The number of amides is 1. The number of ether oxygens (including phenoxy) is 1. The first-order valence-electron chi connectivity index (χ1n) is 6.62. The van der Waals surface area contributed by atoms with Crippen LogP contribution in [-0.4, -0.2) is 22.4 Å². The van der Waals surface area contributed by atoms with E-state index < -0.39 is 0 Å². The Bertz CT molecular complexity index is 860. The molecule has 3 aromatic rings. The van der Waals surface area contributed by atoms with E-state index >= 15 is 0 Å². The van der Waals surface area contributed by atoms with Crippen molar-refractivity contribution in [3.05, 3.63) is 45.8 Å². The standard InChI is InChI=1S/C15H12ClN3O2S2/c1-8-3-6-12(22-8)13-17-15(23-19-13)18-14(20)9-4-5-11(21-2)10(16)7-9/h3-7H,1-2H3,(H,17,18,19,20). The molecular weight excluding hydrogens is 354 g/mol. The number of benzene rings is 1. The van der Waals surface area contributed by atoms with Crippen LogP contribution in [0.25, 0.3) is 10.7 Å². The molecule has 1 amide bonds. The smallest absolute Gasteiger partial charge is 0.257 e. The molecule has 0 spiro atoms. The van der Waals surface area contributed by atoms with Crippen LogP contribution < -0.4 is 10.1 Å². The molecule has 23 heavy (non-hydrogen) atoms. The Morgan fingerprint density at radius 3 is 2.78 bits per heavy atom. The molecule has 0 saturated carbocycles. The van der Waals surface area contributed by atoms with Crippen LogP contribution in [0.2, 0.25) is 5.02 Å². The van der Waals surface area contributed by atoms with Gasteiger partial charge in [0.2, 0.25) is 5.13 Å². The topological polar surface area (TPSA) is 64.1 Å². The van der Waals surface area contributed by atoms with Gasteiger partial charge in [0.05, 0.1) is 17.0 Å². The van der Waals surface area contributed by atoms with Crippen molar-refractivity contribution in [2.75, 3.05) is 12.4 Å². The monoisotopic (exact) mass is 365 g/mol. The van der Waals surface area contributed by atoms with E-state index in [0.717, 1.165) is 16.4 Å². The van der Waals surface area contributed by atoms with Gasteiger partial charge in [-0.2, -0.15) is 9.36 Å².